The summed E-state index contributed by atoms with van der Waals surface area (Å²) in [6, 6.07) is 0. The Labute approximate surface area is 60.9 Å². The van der Waals surface area contributed by atoms with E-state index in [2.05, 4.69) is 0 Å². The summed E-state index contributed by atoms with van der Waals surface area (Å²) in [6.07, 6.45) is 4.39. The molecule has 0 saturated heterocycles. The zero-order valence-electron chi connectivity index (χ0n) is 6.08. The Morgan fingerprint density at radius 3 is 2.50 bits per heavy atom. The van der Waals surface area contributed by atoms with Gasteiger partial charge in [0, 0.05) is 0 Å². The van der Waals surface area contributed by atoms with Gasteiger partial charge in [0.2, 0.25) is 0 Å². The number of hydrogen-bond donors (Lipinski definition) is 2. The molecule has 10 heavy (non-hydrogen) atoms. The van der Waals surface area contributed by atoms with Crippen LogP contribution >= 0.6 is 0 Å². The van der Waals surface area contributed by atoms with Crippen LogP contribution in [0.2, 0.25) is 0 Å². The molecule has 0 aromatic rings. The molecule has 2 heteroatoms. The molecule has 2 N–H and O–H groups in total. The van der Waals surface area contributed by atoms with Crippen LogP contribution in [0.1, 0.15) is 25.7 Å². The van der Waals surface area contributed by atoms with Crippen molar-refractivity contribution >= 4 is 0 Å². The topological polar surface area (TPSA) is 40.5 Å². The predicted octanol–water partition coefficient (Wildman–Crippen LogP) is 0.530. The first-order valence-electron chi connectivity index (χ1n) is 4.08. The van der Waals surface area contributed by atoms with E-state index in [-0.39, 0.29) is 6.61 Å². The van der Waals surface area contributed by atoms with E-state index < -0.39 is 5.60 Å². The summed E-state index contributed by atoms with van der Waals surface area (Å²) in [7, 11) is 0. The Balaban J connectivity index is 2.14. The summed E-state index contributed by atoms with van der Waals surface area (Å²) in [6.45, 7) is -0.0336. The second-order valence-electron chi connectivity index (χ2n) is 3.84. The van der Waals surface area contributed by atoms with Gasteiger partial charge in [-0.1, -0.05) is 0 Å². The molecule has 3 unspecified atom stereocenters. The number of aliphatic hydroxyl groups is 2. The lowest BCUT2D eigenvalue weighted by Gasteiger charge is -2.29. The van der Waals surface area contributed by atoms with Gasteiger partial charge >= 0.3 is 0 Å². The van der Waals surface area contributed by atoms with Crippen LogP contribution in [0.5, 0.6) is 0 Å². The van der Waals surface area contributed by atoms with E-state index in [0.717, 1.165) is 19.3 Å². The van der Waals surface area contributed by atoms with Gasteiger partial charge in [-0.15, -0.1) is 0 Å². The molecule has 0 aromatic carbocycles. The maximum Gasteiger partial charge on any atom is 0.0908 e. The third-order valence-electron chi connectivity index (χ3n) is 3.22. The van der Waals surface area contributed by atoms with Crippen molar-refractivity contribution in [3.8, 4) is 0 Å². The SMILES string of the molecule is OCC1(O)CC2CCC1C2. The third-order valence-corrected chi connectivity index (χ3v) is 3.22. The fraction of sp³-hybridized carbons (Fsp3) is 1.00. The van der Waals surface area contributed by atoms with E-state index in [1.54, 1.807) is 0 Å². The lowest BCUT2D eigenvalue weighted by molar-refractivity contribution is -0.0565. The van der Waals surface area contributed by atoms with Gasteiger partial charge in [-0.3, -0.25) is 0 Å². The Kier molecular flexibility index (Phi) is 1.29. The second kappa shape index (κ2) is 1.95. The van der Waals surface area contributed by atoms with Crippen LogP contribution in [0, 0.1) is 11.8 Å². The number of rotatable bonds is 1. The van der Waals surface area contributed by atoms with Crippen molar-refractivity contribution in [2.24, 2.45) is 11.8 Å². The van der Waals surface area contributed by atoms with Crippen molar-refractivity contribution in [2.75, 3.05) is 6.61 Å². The number of aliphatic hydroxyl groups excluding tert-OH is 1. The van der Waals surface area contributed by atoms with Gasteiger partial charge in [0.15, 0.2) is 0 Å². The lowest BCUT2D eigenvalue weighted by Crippen LogP contribution is -2.38. The molecule has 2 saturated carbocycles. The number of fused-ring (bicyclic) bond motifs is 2. The van der Waals surface area contributed by atoms with Crippen molar-refractivity contribution in [1.82, 2.24) is 0 Å². The molecule has 0 aromatic heterocycles. The zero-order chi connectivity index (χ0) is 7.19. The van der Waals surface area contributed by atoms with E-state index in [1.807, 2.05) is 0 Å². The minimum absolute atomic E-state index is 0.0336. The van der Waals surface area contributed by atoms with E-state index in [4.69, 9.17) is 5.11 Å². The highest BCUT2D eigenvalue weighted by atomic mass is 16.3. The molecule has 2 fully saturated rings. The molecule has 0 heterocycles. The van der Waals surface area contributed by atoms with Crippen LogP contribution < -0.4 is 0 Å². The smallest absolute Gasteiger partial charge is 0.0908 e. The van der Waals surface area contributed by atoms with Crippen LogP contribution in [0.15, 0.2) is 0 Å². The Bertz CT molecular complexity index is 146. The average Bonchev–Trinajstić information content (AvgIpc) is 2.46. The highest BCUT2D eigenvalue weighted by Crippen LogP contribution is 2.50. The quantitative estimate of drug-likeness (QED) is 0.560. The monoisotopic (exact) mass is 142 g/mol. The molecule has 58 valence electrons. The van der Waals surface area contributed by atoms with E-state index >= 15 is 0 Å². The molecule has 0 aliphatic heterocycles. The van der Waals surface area contributed by atoms with Crippen LogP contribution in [0.25, 0.3) is 0 Å². The van der Waals surface area contributed by atoms with E-state index in [9.17, 15) is 5.11 Å². The van der Waals surface area contributed by atoms with Crippen LogP contribution in [0.3, 0.4) is 0 Å². The Morgan fingerprint density at radius 2 is 2.20 bits per heavy atom. The van der Waals surface area contributed by atoms with Gasteiger partial charge in [-0.05, 0) is 37.5 Å². The normalized spacial score (nSPS) is 52.2. The molecule has 0 spiro atoms. The summed E-state index contributed by atoms with van der Waals surface area (Å²) >= 11 is 0. The van der Waals surface area contributed by atoms with Crippen molar-refractivity contribution in [3.63, 3.8) is 0 Å². The third kappa shape index (κ3) is 0.722. The first kappa shape index (κ1) is 6.62. The average molecular weight is 142 g/mol. The summed E-state index contributed by atoms with van der Waals surface area (Å²) in [5, 5.41) is 18.6. The molecular formula is C8H14O2. The fourth-order valence-corrected chi connectivity index (χ4v) is 2.61. The molecule has 2 rings (SSSR count). The molecule has 2 nitrogen and oxygen atoms in total. The minimum Gasteiger partial charge on any atom is -0.393 e. The van der Waals surface area contributed by atoms with Gasteiger partial charge < -0.3 is 10.2 Å². The summed E-state index contributed by atoms with van der Waals surface area (Å²) in [4.78, 5) is 0. The molecular weight excluding hydrogens is 128 g/mol. The van der Waals surface area contributed by atoms with Crippen molar-refractivity contribution in [3.05, 3.63) is 0 Å². The summed E-state index contributed by atoms with van der Waals surface area (Å²) in [5.41, 5.74) is -0.692. The van der Waals surface area contributed by atoms with E-state index in [1.165, 1.54) is 6.42 Å². The standard InChI is InChI=1S/C8H14O2/c9-5-8(10)4-6-1-2-7(8)3-6/h6-7,9-10H,1-5H2. The predicted molar refractivity (Wildman–Crippen MR) is 37.5 cm³/mol. The van der Waals surface area contributed by atoms with Gasteiger partial charge in [0.05, 0.1) is 12.2 Å². The minimum atomic E-state index is -0.692. The first-order chi connectivity index (χ1) is 4.74. The van der Waals surface area contributed by atoms with Crippen LogP contribution in [-0.4, -0.2) is 22.4 Å². The fourth-order valence-electron chi connectivity index (χ4n) is 2.61. The van der Waals surface area contributed by atoms with Crippen LogP contribution in [-0.2, 0) is 0 Å². The molecule has 0 radical (unpaired) electrons. The maximum absolute atomic E-state index is 9.74. The Morgan fingerprint density at radius 1 is 1.40 bits per heavy atom. The molecule has 3 atom stereocenters. The molecule has 2 bridgehead atoms. The summed E-state index contributed by atoms with van der Waals surface area (Å²) in [5.74, 6) is 1.12. The lowest BCUT2D eigenvalue weighted by atomic mass is 9.85. The summed E-state index contributed by atoms with van der Waals surface area (Å²) < 4.78 is 0. The molecule has 0 amide bonds. The number of hydrogen-bond acceptors (Lipinski definition) is 2. The van der Waals surface area contributed by atoms with Gasteiger partial charge in [-0.2, -0.15) is 0 Å². The van der Waals surface area contributed by atoms with E-state index in [0.29, 0.717) is 11.8 Å². The largest absolute Gasteiger partial charge is 0.393 e. The maximum atomic E-state index is 9.74. The molecule has 2 aliphatic rings. The highest BCUT2D eigenvalue weighted by molar-refractivity contribution is 5.00. The Hall–Kier alpha value is -0.0800. The zero-order valence-corrected chi connectivity index (χ0v) is 6.08. The van der Waals surface area contributed by atoms with Crippen molar-refractivity contribution in [2.45, 2.75) is 31.3 Å². The van der Waals surface area contributed by atoms with Gasteiger partial charge in [0.1, 0.15) is 0 Å². The van der Waals surface area contributed by atoms with Gasteiger partial charge in [0.25, 0.3) is 0 Å². The van der Waals surface area contributed by atoms with Crippen LogP contribution in [0.4, 0.5) is 0 Å². The highest BCUT2D eigenvalue weighted by Gasteiger charge is 2.49. The van der Waals surface area contributed by atoms with Gasteiger partial charge in [-0.25, -0.2) is 0 Å². The first-order valence-corrected chi connectivity index (χ1v) is 4.08. The molecule has 2 aliphatic carbocycles. The van der Waals surface area contributed by atoms with Crippen molar-refractivity contribution in [1.29, 1.82) is 0 Å². The van der Waals surface area contributed by atoms with Crippen molar-refractivity contribution < 1.29 is 10.2 Å². The second-order valence-corrected chi connectivity index (χ2v) is 3.84.